The summed E-state index contributed by atoms with van der Waals surface area (Å²) in [6.45, 7) is 1.97. The summed E-state index contributed by atoms with van der Waals surface area (Å²) in [6, 6.07) is 5.41. The molecule has 1 aromatic rings. The molecule has 7 nitrogen and oxygen atoms in total. The molecule has 1 N–H and O–H groups in total. The number of ether oxygens (including phenoxy) is 3. The van der Waals surface area contributed by atoms with Gasteiger partial charge in [0.2, 0.25) is 12.7 Å². The molecule has 0 bridgehead atoms. The molecule has 3 atom stereocenters. The van der Waals surface area contributed by atoms with Gasteiger partial charge in [0, 0.05) is 23.6 Å². The second-order valence-corrected chi connectivity index (χ2v) is 6.86. The molecule has 3 aliphatic rings. The van der Waals surface area contributed by atoms with Crippen molar-refractivity contribution in [1.29, 1.82) is 0 Å². The van der Waals surface area contributed by atoms with E-state index in [4.69, 9.17) is 14.2 Å². The molecule has 0 spiro atoms. The average Bonchev–Trinajstić information content (AvgIpc) is 3.08. The Morgan fingerprint density at radius 2 is 1.96 bits per heavy atom. The van der Waals surface area contributed by atoms with Crippen LogP contribution in [0.1, 0.15) is 31.2 Å². The summed E-state index contributed by atoms with van der Waals surface area (Å²) < 4.78 is 15.6. The van der Waals surface area contributed by atoms with Crippen molar-refractivity contribution in [2.75, 3.05) is 13.9 Å². The minimum Gasteiger partial charge on any atom is -0.468 e. The Kier molecular flexibility index (Phi) is 3.94. The van der Waals surface area contributed by atoms with E-state index in [1.165, 1.54) is 7.11 Å². The summed E-state index contributed by atoms with van der Waals surface area (Å²) in [5.41, 5.74) is 1.90. The molecule has 0 unspecified atom stereocenters. The Labute approximate surface area is 150 Å². The van der Waals surface area contributed by atoms with E-state index in [1.807, 2.05) is 13.0 Å². The Bertz CT molecular complexity index is 842. The molecule has 0 fully saturated rings. The van der Waals surface area contributed by atoms with Crippen LogP contribution in [0, 0.1) is 11.8 Å². The number of carbonyl (C=O) groups excluding carboxylic acids is 3. The van der Waals surface area contributed by atoms with E-state index < -0.39 is 17.8 Å². The number of esters is 1. The molecule has 2 aliphatic heterocycles. The van der Waals surface area contributed by atoms with Crippen LogP contribution >= 0.6 is 0 Å². The zero-order chi connectivity index (χ0) is 18.4. The number of nitrogens with one attached hydrogen (secondary N) is 1. The second kappa shape index (κ2) is 6.16. The molecule has 1 amide bonds. The van der Waals surface area contributed by atoms with Crippen molar-refractivity contribution in [3.63, 3.8) is 0 Å². The fourth-order valence-electron chi connectivity index (χ4n) is 4.01. The first-order chi connectivity index (χ1) is 12.5. The van der Waals surface area contributed by atoms with Crippen LogP contribution in [0.3, 0.4) is 0 Å². The number of allylic oxidation sites excluding steroid dienone is 2. The van der Waals surface area contributed by atoms with E-state index in [-0.39, 0.29) is 30.8 Å². The second-order valence-electron chi connectivity index (χ2n) is 6.86. The monoisotopic (exact) mass is 357 g/mol. The van der Waals surface area contributed by atoms with E-state index in [9.17, 15) is 14.4 Å². The van der Waals surface area contributed by atoms with Gasteiger partial charge >= 0.3 is 5.97 Å². The van der Waals surface area contributed by atoms with Gasteiger partial charge in [-0.3, -0.25) is 14.4 Å². The van der Waals surface area contributed by atoms with Crippen LogP contribution in [-0.4, -0.2) is 31.6 Å². The van der Waals surface area contributed by atoms with Crippen molar-refractivity contribution >= 4 is 17.7 Å². The molecule has 4 rings (SSSR count). The number of hydrogen-bond acceptors (Lipinski definition) is 6. The maximum Gasteiger partial charge on any atom is 0.316 e. The number of Topliss-reactive ketones (excluding diaryl/α,β-unsaturated/α-hetero) is 1. The molecule has 0 saturated carbocycles. The summed E-state index contributed by atoms with van der Waals surface area (Å²) in [4.78, 5) is 37.5. The van der Waals surface area contributed by atoms with E-state index in [0.717, 1.165) is 5.56 Å². The Hall–Kier alpha value is -2.83. The van der Waals surface area contributed by atoms with Gasteiger partial charge in [-0.25, -0.2) is 0 Å². The first-order valence-electron chi connectivity index (χ1n) is 8.54. The molecule has 1 aromatic carbocycles. The van der Waals surface area contributed by atoms with Gasteiger partial charge in [-0.1, -0.05) is 13.0 Å². The minimum atomic E-state index is -0.842. The van der Waals surface area contributed by atoms with Gasteiger partial charge in [0.1, 0.15) is 5.92 Å². The number of benzene rings is 1. The largest absolute Gasteiger partial charge is 0.468 e. The van der Waals surface area contributed by atoms with Crippen molar-refractivity contribution in [1.82, 2.24) is 5.32 Å². The lowest BCUT2D eigenvalue weighted by atomic mass is 9.70. The van der Waals surface area contributed by atoms with Gasteiger partial charge in [0.15, 0.2) is 17.3 Å². The van der Waals surface area contributed by atoms with E-state index >= 15 is 0 Å². The fourth-order valence-corrected chi connectivity index (χ4v) is 4.01. The summed E-state index contributed by atoms with van der Waals surface area (Å²) in [6.07, 6.45) is 0.597. The van der Waals surface area contributed by atoms with Gasteiger partial charge in [-0.15, -0.1) is 0 Å². The summed E-state index contributed by atoms with van der Waals surface area (Å²) in [7, 11) is 1.28. The minimum absolute atomic E-state index is 0.136. The number of rotatable bonds is 2. The number of methoxy groups -OCH3 is 1. The predicted octanol–water partition coefficient (Wildman–Crippen LogP) is 1.67. The lowest BCUT2D eigenvalue weighted by molar-refractivity contribution is -0.151. The topological polar surface area (TPSA) is 90.9 Å². The predicted molar refractivity (Wildman–Crippen MR) is 89.4 cm³/mol. The number of fused-ring (bicyclic) bond motifs is 1. The Balaban J connectivity index is 1.77. The first-order valence-corrected chi connectivity index (χ1v) is 8.54. The van der Waals surface area contributed by atoms with Gasteiger partial charge < -0.3 is 19.5 Å². The highest BCUT2D eigenvalue weighted by molar-refractivity contribution is 6.11. The Morgan fingerprint density at radius 3 is 2.73 bits per heavy atom. The first kappa shape index (κ1) is 16.6. The third-order valence-electron chi connectivity index (χ3n) is 5.25. The third kappa shape index (κ3) is 2.55. The maximum atomic E-state index is 13.1. The van der Waals surface area contributed by atoms with Crippen LogP contribution in [0.2, 0.25) is 0 Å². The highest BCUT2D eigenvalue weighted by Crippen LogP contribution is 2.44. The molecule has 0 radical (unpaired) electrons. The van der Waals surface area contributed by atoms with E-state index in [0.29, 0.717) is 29.2 Å². The average molecular weight is 357 g/mol. The lowest BCUT2D eigenvalue weighted by Gasteiger charge is -2.36. The molecule has 0 aromatic heterocycles. The van der Waals surface area contributed by atoms with Crippen molar-refractivity contribution in [2.45, 2.75) is 25.7 Å². The van der Waals surface area contributed by atoms with Crippen LogP contribution in [0.15, 0.2) is 29.5 Å². The third-order valence-corrected chi connectivity index (χ3v) is 5.25. The molecule has 0 saturated heterocycles. The highest BCUT2D eigenvalue weighted by atomic mass is 16.7. The van der Waals surface area contributed by atoms with Crippen LogP contribution < -0.4 is 14.8 Å². The highest BCUT2D eigenvalue weighted by Gasteiger charge is 2.45. The Morgan fingerprint density at radius 1 is 1.19 bits per heavy atom. The summed E-state index contributed by atoms with van der Waals surface area (Å²) in [5.74, 6) is -1.20. The lowest BCUT2D eigenvalue weighted by Crippen LogP contribution is -2.44. The number of carbonyl (C=O) groups is 3. The quantitative estimate of drug-likeness (QED) is 0.640. The molecule has 2 heterocycles. The van der Waals surface area contributed by atoms with Gasteiger partial charge in [-0.2, -0.15) is 0 Å². The standard InChI is InChI=1S/C19H19NO6/c1-9-5-12-17(18(22)16(9)19(23)24-2)11(7-15(21)20-12)10-3-4-13-14(6-10)26-8-25-13/h3-4,6,9,11,16H,5,7-8H2,1-2H3,(H,20,21)/t9-,11-,16+/m1/s1. The zero-order valence-electron chi connectivity index (χ0n) is 14.5. The maximum absolute atomic E-state index is 13.1. The SMILES string of the molecule is COC(=O)[C@@H]1C(=O)C2=C(C[C@H]1C)NC(=O)C[C@@H]2c1ccc2c(c1)OCO2. The molecule has 136 valence electrons. The van der Waals surface area contributed by atoms with Crippen molar-refractivity contribution in [3.8, 4) is 11.5 Å². The molecular formula is C19H19NO6. The fraction of sp³-hybridized carbons (Fsp3) is 0.421. The van der Waals surface area contributed by atoms with Gasteiger partial charge in [-0.05, 0) is 30.0 Å². The molecular weight excluding hydrogens is 338 g/mol. The number of amides is 1. The number of hydrogen-bond donors (Lipinski definition) is 1. The van der Waals surface area contributed by atoms with Crippen molar-refractivity contribution < 1.29 is 28.6 Å². The van der Waals surface area contributed by atoms with Crippen molar-refractivity contribution in [3.05, 3.63) is 35.0 Å². The smallest absolute Gasteiger partial charge is 0.316 e. The van der Waals surface area contributed by atoms with Crippen molar-refractivity contribution in [2.24, 2.45) is 11.8 Å². The van der Waals surface area contributed by atoms with Gasteiger partial charge in [0.25, 0.3) is 0 Å². The summed E-state index contributed by atoms with van der Waals surface area (Å²) in [5, 5.41) is 2.82. The molecule has 7 heteroatoms. The van der Waals surface area contributed by atoms with Crippen LogP contribution in [-0.2, 0) is 19.1 Å². The molecule has 26 heavy (non-hydrogen) atoms. The zero-order valence-corrected chi connectivity index (χ0v) is 14.5. The van der Waals surface area contributed by atoms with Gasteiger partial charge in [0.05, 0.1) is 7.11 Å². The van der Waals surface area contributed by atoms with E-state index in [1.54, 1.807) is 12.1 Å². The van der Waals surface area contributed by atoms with Crippen LogP contribution in [0.5, 0.6) is 11.5 Å². The summed E-state index contributed by atoms with van der Waals surface area (Å²) >= 11 is 0. The van der Waals surface area contributed by atoms with Crippen LogP contribution in [0.4, 0.5) is 0 Å². The van der Waals surface area contributed by atoms with E-state index in [2.05, 4.69) is 5.32 Å². The van der Waals surface area contributed by atoms with Crippen LogP contribution in [0.25, 0.3) is 0 Å². The molecule has 1 aliphatic carbocycles. The normalized spacial score (nSPS) is 27.1. The number of ketones is 1.